The molecule has 2 atom stereocenters. The van der Waals surface area contributed by atoms with Crippen LogP contribution in [0.5, 0.6) is 0 Å². The first-order chi connectivity index (χ1) is 6.69. The topological polar surface area (TPSA) is 87.4 Å². The highest BCUT2D eigenvalue weighted by molar-refractivity contribution is 4.74. The van der Waals surface area contributed by atoms with Gasteiger partial charge in [0.2, 0.25) is 0 Å². The molecule has 6 heteroatoms. The minimum Gasteiger partial charge on any atom is -0.392 e. The summed E-state index contributed by atoms with van der Waals surface area (Å²) >= 11 is 0. The highest BCUT2D eigenvalue weighted by Gasteiger charge is 2.24. The van der Waals surface area contributed by atoms with Gasteiger partial charge in [-0.2, -0.15) is 0 Å². The highest BCUT2D eigenvalue weighted by atomic mass is 16.3. The summed E-state index contributed by atoms with van der Waals surface area (Å²) in [5.74, 6) is 0. The van der Waals surface area contributed by atoms with Crippen LogP contribution in [0.1, 0.15) is 0 Å². The normalized spacial score (nSPS) is 24.9. The summed E-state index contributed by atoms with van der Waals surface area (Å²) in [5.41, 5.74) is 0. The fourth-order valence-electron chi connectivity index (χ4n) is 1.56. The molecule has 2 unspecified atom stereocenters. The molecule has 6 nitrogen and oxygen atoms in total. The second-order valence-corrected chi connectivity index (χ2v) is 3.40. The molecule has 0 radical (unpaired) electrons. The SMILES string of the molecule is OCC(O)N1CCN(C(O)CO)CC1. The monoisotopic (exact) mass is 206 g/mol. The van der Waals surface area contributed by atoms with Crippen molar-refractivity contribution in [1.82, 2.24) is 9.80 Å². The van der Waals surface area contributed by atoms with Crippen molar-refractivity contribution in [1.29, 1.82) is 0 Å². The van der Waals surface area contributed by atoms with E-state index in [2.05, 4.69) is 0 Å². The van der Waals surface area contributed by atoms with Crippen molar-refractivity contribution >= 4 is 0 Å². The van der Waals surface area contributed by atoms with Crippen molar-refractivity contribution in [2.75, 3.05) is 39.4 Å². The Hall–Kier alpha value is -0.240. The van der Waals surface area contributed by atoms with E-state index in [0.717, 1.165) is 0 Å². The van der Waals surface area contributed by atoms with Crippen LogP contribution in [0.3, 0.4) is 0 Å². The van der Waals surface area contributed by atoms with Crippen LogP contribution < -0.4 is 0 Å². The van der Waals surface area contributed by atoms with Crippen LogP contribution >= 0.6 is 0 Å². The summed E-state index contributed by atoms with van der Waals surface area (Å²) in [5, 5.41) is 36.0. The van der Waals surface area contributed by atoms with E-state index in [4.69, 9.17) is 10.2 Å². The molecule has 0 aromatic rings. The molecule has 1 aliphatic rings. The van der Waals surface area contributed by atoms with E-state index in [-0.39, 0.29) is 13.2 Å². The summed E-state index contributed by atoms with van der Waals surface area (Å²) in [6.07, 6.45) is -1.63. The van der Waals surface area contributed by atoms with E-state index < -0.39 is 12.5 Å². The second kappa shape index (κ2) is 5.59. The number of hydrogen-bond acceptors (Lipinski definition) is 6. The van der Waals surface area contributed by atoms with Gasteiger partial charge in [-0.1, -0.05) is 0 Å². The molecule has 0 saturated carbocycles. The summed E-state index contributed by atoms with van der Waals surface area (Å²) in [6, 6.07) is 0. The third kappa shape index (κ3) is 2.88. The molecule has 14 heavy (non-hydrogen) atoms. The molecule has 0 aliphatic carbocycles. The Labute approximate surface area is 83.0 Å². The lowest BCUT2D eigenvalue weighted by molar-refractivity contribution is -0.0949. The van der Waals surface area contributed by atoms with E-state index in [1.807, 2.05) is 0 Å². The lowest BCUT2D eigenvalue weighted by Gasteiger charge is -2.38. The van der Waals surface area contributed by atoms with E-state index in [9.17, 15) is 10.2 Å². The van der Waals surface area contributed by atoms with Crippen LogP contribution in [-0.4, -0.2) is 82.1 Å². The fraction of sp³-hybridized carbons (Fsp3) is 1.00. The molecule has 84 valence electrons. The average Bonchev–Trinajstić information content (AvgIpc) is 2.27. The van der Waals surface area contributed by atoms with Crippen LogP contribution in [0.15, 0.2) is 0 Å². The van der Waals surface area contributed by atoms with E-state index in [0.29, 0.717) is 26.2 Å². The van der Waals surface area contributed by atoms with Crippen LogP contribution in [-0.2, 0) is 0 Å². The van der Waals surface area contributed by atoms with Crippen molar-refractivity contribution in [2.24, 2.45) is 0 Å². The largest absolute Gasteiger partial charge is 0.392 e. The standard InChI is InChI=1S/C8H18N2O4/c11-5-7(13)9-1-2-10(4-3-9)8(14)6-12/h7-8,11-14H,1-6H2. The number of aliphatic hydroxyl groups excluding tert-OH is 4. The maximum atomic E-state index is 9.31. The van der Waals surface area contributed by atoms with Gasteiger partial charge in [0.25, 0.3) is 0 Å². The molecule has 1 aliphatic heterocycles. The Kier molecular flexibility index (Phi) is 4.73. The number of piperazine rings is 1. The molecule has 1 saturated heterocycles. The van der Waals surface area contributed by atoms with Crippen molar-refractivity contribution in [3.8, 4) is 0 Å². The highest BCUT2D eigenvalue weighted by Crippen LogP contribution is 2.06. The lowest BCUT2D eigenvalue weighted by Crippen LogP contribution is -2.54. The van der Waals surface area contributed by atoms with Gasteiger partial charge in [0.1, 0.15) is 12.5 Å². The Morgan fingerprint density at radius 2 is 1.07 bits per heavy atom. The third-order valence-electron chi connectivity index (χ3n) is 2.52. The Morgan fingerprint density at radius 3 is 1.29 bits per heavy atom. The molecule has 0 spiro atoms. The minimum atomic E-state index is -0.816. The van der Waals surface area contributed by atoms with Crippen molar-refractivity contribution < 1.29 is 20.4 Å². The first kappa shape index (κ1) is 11.8. The molecule has 0 amide bonds. The van der Waals surface area contributed by atoms with Gasteiger partial charge < -0.3 is 20.4 Å². The number of nitrogens with zero attached hydrogens (tertiary/aromatic N) is 2. The maximum absolute atomic E-state index is 9.31. The summed E-state index contributed by atoms with van der Waals surface area (Å²) in [7, 11) is 0. The Bertz CT molecular complexity index is 143. The van der Waals surface area contributed by atoms with Gasteiger partial charge in [-0.3, -0.25) is 9.80 Å². The van der Waals surface area contributed by atoms with Gasteiger partial charge in [0.05, 0.1) is 13.2 Å². The van der Waals surface area contributed by atoms with E-state index >= 15 is 0 Å². The van der Waals surface area contributed by atoms with Gasteiger partial charge in [0.15, 0.2) is 0 Å². The summed E-state index contributed by atoms with van der Waals surface area (Å²) in [6.45, 7) is 1.78. The first-order valence-corrected chi connectivity index (χ1v) is 4.75. The van der Waals surface area contributed by atoms with Crippen LogP contribution in [0.4, 0.5) is 0 Å². The summed E-state index contributed by atoms with van der Waals surface area (Å²) < 4.78 is 0. The molecule has 0 aromatic heterocycles. The number of aliphatic hydroxyl groups is 4. The molecule has 0 bridgehead atoms. The Balaban J connectivity index is 2.31. The second-order valence-electron chi connectivity index (χ2n) is 3.40. The quantitative estimate of drug-likeness (QED) is 0.398. The minimum absolute atomic E-state index is 0.275. The van der Waals surface area contributed by atoms with Crippen LogP contribution in [0, 0.1) is 0 Å². The number of hydrogen-bond donors (Lipinski definition) is 4. The maximum Gasteiger partial charge on any atom is 0.130 e. The molecule has 1 heterocycles. The average molecular weight is 206 g/mol. The molecule has 4 N–H and O–H groups in total. The zero-order chi connectivity index (χ0) is 10.6. The third-order valence-corrected chi connectivity index (χ3v) is 2.52. The lowest BCUT2D eigenvalue weighted by atomic mass is 10.3. The first-order valence-electron chi connectivity index (χ1n) is 4.75. The van der Waals surface area contributed by atoms with Crippen LogP contribution in [0.2, 0.25) is 0 Å². The van der Waals surface area contributed by atoms with E-state index in [1.165, 1.54) is 0 Å². The van der Waals surface area contributed by atoms with Gasteiger partial charge in [-0.15, -0.1) is 0 Å². The number of rotatable bonds is 4. The smallest absolute Gasteiger partial charge is 0.130 e. The predicted molar refractivity (Wildman–Crippen MR) is 49.3 cm³/mol. The molecule has 1 rings (SSSR count). The molecule has 0 aromatic carbocycles. The van der Waals surface area contributed by atoms with Gasteiger partial charge in [-0.05, 0) is 0 Å². The van der Waals surface area contributed by atoms with E-state index in [1.54, 1.807) is 9.80 Å². The summed E-state index contributed by atoms with van der Waals surface area (Å²) in [4.78, 5) is 3.47. The van der Waals surface area contributed by atoms with Crippen molar-refractivity contribution in [2.45, 2.75) is 12.5 Å². The zero-order valence-electron chi connectivity index (χ0n) is 8.08. The van der Waals surface area contributed by atoms with Gasteiger partial charge in [-0.25, -0.2) is 0 Å². The van der Waals surface area contributed by atoms with Crippen LogP contribution in [0.25, 0.3) is 0 Å². The predicted octanol–water partition coefficient (Wildman–Crippen LogP) is -2.77. The zero-order valence-corrected chi connectivity index (χ0v) is 8.08. The van der Waals surface area contributed by atoms with Gasteiger partial charge in [0, 0.05) is 26.2 Å². The van der Waals surface area contributed by atoms with Gasteiger partial charge >= 0.3 is 0 Å². The molecule has 1 fully saturated rings. The van der Waals surface area contributed by atoms with Crippen molar-refractivity contribution in [3.05, 3.63) is 0 Å². The van der Waals surface area contributed by atoms with Crippen molar-refractivity contribution in [3.63, 3.8) is 0 Å². The Morgan fingerprint density at radius 1 is 0.786 bits per heavy atom. The fourth-order valence-corrected chi connectivity index (χ4v) is 1.56. The molecular formula is C8H18N2O4. The molecular weight excluding hydrogens is 188 g/mol.